The van der Waals surface area contributed by atoms with Gasteiger partial charge in [0.25, 0.3) is 5.91 Å². The summed E-state index contributed by atoms with van der Waals surface area (Å²) >= 11 is 6.11. The van der Waals surface area contributed by atoms with Crippen molar-refractivity contribution in [3.8, 4) is 0 Å². The maximum atomic E-state index is 12.9. The number of likely N-dealkylation sites (tertiary alicyclic amines) is 1. The molecule has 144 valence electrons. The number of aryl methyl sites for hydroxylation is 1. The maximum absolute atomic E-state index is 12.9. The molecule has 0 N–H and O–H groups in total. The van der Waals surface area contributed by atoms with Gasteiger partial charge in [-0.05, 0) is 50.8 Å². The first-order chi connectivity index (χ1) is 12.9. The SMILES string of the molecule is CCOC(=O)[C@]1(Cc2cccc(Cl)c2)CCCN(C(=O)c2cc(C)on2)C1. The zero-order valence-corrected chi connectivity index (χ0v) is 16.3. The Kier molecular flexibility index (Phi) is 5.85. The summed E-state index contributed by atoms with van der Waals surface area (Å²) in [5.41, 5.74) is 0.407. The molecule has 1 amide bonds. The lowest BCUT2D eigenvalue weighted by Crippen LogP contribution is -2.51. The molecule has 0 aliphatic carbocycles. The van der Waals surface area contributed by atoms with Crippen molar-refractivity contribution in [3.63, 3.8) is 0 Å². The van der Waals surface area contributed by atoms with Crippen molar-refractivity contribution < 1.29 is 18.8 Å². The van der Waals surface area contributed by atoms with Crippen LogP contribution in [-0.2, 0) is 16.0 Å². The number of rotatable bonds is 5. The van der Waals surface area contributed by atoms with Gasteiger partial charge in [0, 0.05) is 24.2 Å². The first-order valence-corrected chi connectivity index (χ1v) is 9.45. The Bertz CT molecular complexity index is 835. The summed E-state index contributed by atoms with van der Waals surface area (Å²) in [6.07, 6.45) is 1.83. The third kappa shape index (κ3) is 4.33. The average molecular weight is 391 g/mol. The molecule has 0 radical (unpaired) electrons. The monoisotopic (exact) mass is 390 g/mol. The van der Waals surface area contributed by atoms with Crippen LogP contribution in [0, 0.1) is 12.3 Å². The molecule has 0 unspecified atom stereocenters. The van der Waals surface area contributed by atoms with Gasteiger partial charge in [0.15, 0.2) is 5.69 Å². The van der Waals surface area contributed by atoms with Gasteiger partial charge < -0.3 is 14.2 Å². The standard InChI is InChI=1S/C20H23ClN2O4/c1-3-26-19(25)20(12-15-6-4-7-16(21)11-15)8-5-9-23(13-20)18(24)17-10-14(2)27-22-17/h4,6-7,10-11H,3,5,8-9,12-13H2,1-2H3/t20-/m0/s1. The molecule has 1 aliphatic heterocycles. The number of carbonyl (C=O) groups excluding carboxylic acids is 2. The highest BCUT2D eigenvalue weighted by atomic mass is 35.5. The number of hydrogen-bond donors (Lipinski definition) is 0. The predicted molar refractivity (Wildman–Crippen MR) is 101 cm³/mol. The van der Waals surface area contributed by atoms with Gasteiger partial charge in [0.2, 0.25) is 0 Å². The van der Waals surface area contributed by atoms with E-state index in [4.69, 9.17) is 20.9 Å². The fourth-order valence-electron chi connectivity index (χ4n) is 3.64. The van der Waals surface area contributed by atoms with Gasteiger partial charge in [0.05, 0.1) is 12.0 Å². The highest BCUT2D eigenvalue weighted by molar-refractivity contribution is 6.30. The Balaban J connectivity index is 1.87. The van der Waals surface area contributed by atoms with E-state index in [-0.39, 0.29) is 24.1 Å². The normalized spacial score (nSPS) is 19.7. The lowest BCUT2D eigenvalue weighted by atomic mass is 9.75. The molecule has 1 aromatic heterocycles. The molecule has 1 aliphatic rings. The minimum atomic E-state index is -0.798. The molecule has 1 aromatic carbocycles. The van der Waals surface area contributed by atoms with E-state index in [0.717, 1.165) is 5.56 Å². The number of ether oxygens (including phenoxy) is 1. The first kappa shape index (κ1) is 19.4. The number of hydrogen-bond acceptors (Lipinski definition) is 5. The van der Waals surface area contributed by atoms with Crippen molar-refractivity contribution in [2.45, 2.75) is 33.1 Å². The molecule has 2 aromatic rings. The molecule has 1 saturated heterocycles. The number of piperidine rings is 1. The van der Waals surface area contributed by atoms with Crippen molar-refractivity contribution in [1.82, 2.24) is 10.1 Å². The van der Waals surface area contributed by atoms with Crippen LogP contribution in [-0.4, -0.2) is 41.6 Å². The van der Waals surface area contributed by atoms with Crippen LogP contribution >= 0.6 is 11.6 Å². The van der Waals surface area contributed by atoms with E-state index in [1.165, 1.54) is 0 Å². The number of amides is 1. The molecule has 0 bridgehead atoms. The van der Waals surface area contributed by atoms with Crippen LogP contribution in [0.1, 0.15) is 41.6 Å². The van der Waals surface area contributed by atoms with E-state index < -0.39 is 5.41 Å². The fraction of sp³-hybridized carbons (Fsp3) is 0.450. The quantitative estimate of drug-likeness (QED) is 0.728. The largest absolute Gasteiger partial charge is 0.466 e. The van der Waals surface area contributed by atoms with Crippen LogP contribution in [0.15, 0.2) is 34.9 Å². The molecule has 2 heterocycles. The number of benzene rings is 1. The molecule has 1 atom stereocenters. The zero-order chi connectivity index (χ0) is 19.4. The van der Waals surface area contributed by atoms with Crippen LogP contribution in [0.3, 0.4) is 0 Å². The van der Waals surface area contributed by atoms with Crippen molar-refractivity contribution in [2.75, 3.05) is 19.7 Å². The Morgan fingerprint density at radius 1 is 1.37 bits per heavy atom. The van der Waals surface area contributed by atoms with E-state index in [1.807, 2.05) is 18.2 Å². The Hall–Kier alpha value is -2.34. The summed E-state index contributed by atoms with van der Waals surface area (Å²) in [7, 11) is 0. The molecule has 7 heteroatoms. The molecule has 27 heavy (non-hydrogen) atoms. The number of nitrogens with zero attached hydrogens (tertiary/aromatic N) is 2. The number of carbonyl (C=O) groups is 2. The van der Waals surface area contributed by atoms with Crippen molar-refractivity contribution in [2.24, 2.45) is 5.41 Å². The summed E-state index contributed by atoms with van der Waals surface area (Å²) < 4.78 is 10.4. The second-order valence-electron chi connectivity index (χ2n) is 6.96. The Morgan fingerprint density at radius 2 is 2.19 bits per heavy atom. The van der Waals surface area contributed by atoms with Gasteiger partial charge in [0.1, 0.15) is 5.76 Å². The minimum Gasteiger partial charge on any atom is -0.466 e. The predicted octanol–water partition coefficient (Wildman–Crippen LogP) is 3.66. The summed E-state index contributed by atoms with van der Waals surface area (Å²) in [5, 5.41) is 4.43. The van der Waals surface area contributed by atoms with Gasteiger partial charge in [-0.25, -0.2) is 0 Å². The van der Waals surface area contributed by atoms with E-state index in [0.29, 0.717) is 43.2 Å². The summed E-state index contributed by atoms with van der Waals surface area (Å²) in [4.78, 5) is 27.4. The van der Waals surface area contributed by atoms with Gasteiger partial charge in [-0.3, -0.25) is 9.59 Å². The third-order valence-electron chi connectivity index (χ3n) is 4.85. The summed E-state index contributed by atoms with van der Waals surface area (Å²) in [5.74, 6) is 0.0658. The highest BCUT2D eigenvalue weighted by Gasteiger charge is 2.45. The van der Waals surface area contributed by atoms with E-state index in [2.05, 4.69) is 5.16 Å². The van der Waals surface area contributed by atoms with Gasteiger partial charge in [-0.2, -0.15) is 0 Å². The zero-order valence-electron chi connectivity index (χ0n) is 15.5. The molecule has 0 saturated carbocycles. The number of halogens is 1. The van der Waals surface area contributed by atoms with Crippen LogP contribution < -0.4 is 0 Å². The molecular weight excluding hydrogens is 368 g/mol. The van der Waals surface area contributed by atoms with E-state index >= 15 is 0 Å². The summed E-state index contributed by atoms with van der Waals surface area (Å²) in [6, 6.07) is 9.06. The van der Waals surface area contributed by atoms with Crippen LogP contribution in [0.5, 0.6) is 0 Å². The van der Waals surface area contributed by atoms with Gasteiger partial charge in [-0.1, -0.05) is 28.9 Å². The average Bonchev–Trinajstić information content (AvgIpc) is 3.08. The van der Waals surface area contributed by atoms with Crippen molar-refractivity contribution >= 4 is 23.5 Å². The smallest absolute Gasteiger partial charge is 0.314 e. The fourth-order valence-corrected chi connectivity index (χ4v) is 3.85. The number of aromatic nitrogens is 1. The second-order valence-corrected chi connectivity index (χ2v) is 7.40. The van der Waals surface area contributed by atoms with Crippen molar-refractivity contribution in [1.29, 1.82) is 0 Å². The van der Waals surface area contributed by atoms with E-state index in [1.54, 1.807) is 30.9 Å². The molecule has 6 nitrogen and oxygen atoms in total. The lowest BCUT2D eigenvalue weighted by Gasteiger charge is -2.40. The third-order valence-corrected chi connectivity index (χ3v) is 5.09. The first-order valence-electron chi connectivity index (χ1n) is 9.08. The van der Waals surface area contributed by atoms with Crippen LogP contribution in [0.4, 0.5) is 0 Å². The second kappa shape index (κ2) is 8.13. The minimum absolute atomic E-state index is 0.230. The summed E-state index contributed by atoms with van der Waals surface area (Å²) in [6.45, 7) is 4.67. The Morgan fingerprint density at radius 3 is 2.85 bits per heavy atom. The van der Waals surface area contributed by atoms with E-state index in [9.17, 15) is 9.59 Å². The topological polar surface area (TPSA) is 72.6 Å². The van der Waals surface area contributed by atoms with Crippen molar-refractivity contribution in [3.05, 3.63) is 52.4 Å². The highest BCUT2D eigenvalue weighted by Crippen LogP contribution is 2.36. The lowest BCUT2D eigenvalue weighted by molar-refractivity contribution is -0.158. The molecule has 3 rings (SSSR count). The van der Waals surface area contributed by atoms with Crippen LogP contribution in [0.2, 0.25) is 5.02 Å². The van der Waals surface area contributed by atoms with Gasteiger partial charge in [-0.15, -0.1) is 0 Å². The number of esters is 1. The Labute approximate surface area is 163 Å². The molecule has 0 spiro atoms. The van der Waals surface area contributed by atoms with Crippen LogP contribution in [0.25, 0.3) is 0 Å². The van der Waals surface area contributed by atoms with Gasteiger partial charge >= 0.3 is 5.97 Å². The molecule has 1 fully saturated rings. The maximum Gasteiger partial charge on any atom is 0.314 e. The molecular formula is C20H23ClN2O4.